The first-order valence-electron chi connectivity index (χ1n) is 9.38. The van der Waals surface area contributed by atoms with E-state index in [4.69, 9.17) is 4.74 Å². The number of ether oxygens (including phenoxy) is 1. The maximum Gasteiger partial charge on any atom is 0.191 e. The summed E-state index contributed by atoms with van der Waals surface area (Å²) in [5.74, 6) is 1.69. The number of pyridine rings is 1. The number of unbranched alkanes of at least 4 members (excludes halogenated alkanes) is 3. The number of aliphatic imine (C=N–C) groups is 1. The molecule has 0 bridgehead atoms. The van der Waals surface area contributed by atoms with Gasteiger partial charge in [0.25, 0.3) is 0 Å². The van der Waals surface area contributed by atoms with E-state index in [1.807, 2.05) is 30.3 Å². The summed E-state index contributed by atoms with van der Waals surface area (Å²) in [5.41, 5.74) is 2.11. The molecular formula is C21H30N4O. The molecule has 5 nitrogen and oxygen atoms in total. The quantitative estimate of drug-likeness (QED) is 0.386. The standard InChI is InChI=1S/C21H30N4O/c1-3-4-5-7-15-24-21(22-2)25-16-18-10-12-20(13-11-18)26-17-19-9-6-8-14-23-19/h6,8-14H,3-5,7,15-17H2,1-2H3,(H2,22,24,25). The zero-order valence-corrected chi connectivity index (χ0v) is 15.9. The summed E-state index contributed by atoms with van der Waals surface area (Å²) in [6, 6.07) is 13.9. The molecule has 0 unspecified atom stereocenters. The molecule has 0 aliphatic rings. The van der Waals surface area contributed by atoms with Gasteiger partial charge in [-0.1, -0.05) is 44.4 Å². The molecule has 0 atom stereocenters. The van der Waals surface area contributed by atoms with Crippen molar-refractivity contribution < 1.29 is 4.74 Å². The summed E-state index contributed by atoms with van der Waals surface area (Å²) < 4.78 is 5.76. The Kier molecular flexibility index (Phi) is 9.05. The second-order valence-corrected chi connectivity index (χ2v) is 6.17. The first-order valence-corrected chi connectivity index (χ1v) is 9.38. The van der Waals surface area contributed by atoms with Crippen molar-refractivity contribution in [2.45, 2.75) is 45.8 Å². The van der Waals surface area contributed by atoms with Gasteiger partial charge in [0.15, 0.2) is 5.96 Å². The molecule has 1 aromatic heterocycles. The maximum atomic E-state index is 5.76. The number of aromatic nitrogens is 1. The molecule has 0 saturated heterocycles. The van der Waals surface area contributed by atoms with Crippen molar-refractivity contribution in [1.82, 2.24) is 15.6 Å². The number of rotatable bonds is 10. The summed E-state index contributed by atoms with van der Waals surface area (Å²) in [5, 5.41) is 6.70. The molecule has 2 rings (SSSR count). The lowest BCUT2D eigenvalue weighted by atomic mass is 10.2. The number of guanidine groups is 1. The van der Waals surface area contributed by atoms with Crippen LogP contribution in [0.4, 0.5) is 0 Å². The molecular weight excluding hydrogens is 324 g/mol. The van der Waals surface area contributed by atoms with E-state index in [1.165, 1.54) is 31.2 Å². The van der Waals surface area contributed by atoms with Crippen molar-refractivity contribution in [2.24, 2.45) is 4.99 Å². The number of nitrogens with zero attached hydrogens (tertiary/aromatic N) is 2. The molecule has 0 amide bonds. The minimum Gasteiger partial charge on any atom is -0.487 e. The molecule has 0 spiro atoms. The van der Waals surface area contributed by atoms with Gasteiger partial charge >= 0.3 is 0 Å². The van der Waals surface area contributed by atoms with Gasteiger partial charge in [-0.15, -0.1) is 0 Å². The lowest BCUT2D eigenvalue weighted by Crippen LogP contribution is -2.37. The molecule has 1 heterocycles. The summed E-state index contributed by atoms with van der Waals surface area (Å²) in [7, 11) is 1.80. The Morgan fingerprint density at radius 3 is 2.58 bits per heavy atom. The molecule has 1 aromatic carbocycles. The Bertz CT molecular complexity index is 641. The number of hydrogen-bond donors (Lipinski definition) is 2. The normalized spacial score (nSPS) is 11.2. The van der Waals surface area contributed by atoms with E-state index >= 15 is 0 Å². The van der Waals surface area contributed by atoms with Gasteiger partial charge in [-0.3, -0.25) is 9.98 Å². The van der Waals surface area contributed by atoms with Crippen LogP contribution in [0.1, 0.15) is 43.9 Å². The Hall–Kier alpha value is -2.56. The SMILES string of the molecule is CCCCCCNC(=NC)NCc1ccc(OCc2ccccn2)cc1. The number of hydrogen-bond acceptors (Lipinski definition) is 3. The van der Waals surface area contributed by atoms with E-state index < -0.39 is 0 Å². The summed E-state index contributed by atoms with van der Waals surface area (Å²) in [6.45, 7) is 4.39. The predicted octanol–water partition coefficient (Wildman–Crippen LogP) is 3.91. The van der Waals surface area contributed by atoms with Crippen LogP contribution in [-0.4, -0.2) is 24.5 Å². The van der Waals surface area contributed by atoms with Crippen molar-refractivity contribution in [1.29, 1.82) is 0 Å². The zero-order chi connectivity index (χ0) is 18.5. The molecule has 0 aliphatic heterocycles. The van der Waals surface area contributed by atoms with Gasteiger partial charge in [-0.05, 0) is 36.2 Å². The monoisotopic (exact) mass is 354 g/mol. The number of benzene rings is 1. The Balaban J connectivity index is 1.70. The average molecular weight is 354 g/mol. The summed E-state index contributed by atoms with van der Waals surface area (Å²) in [6.07, 6.45) is 6.77. The Labute approximate surface area is 156 Å². The van der Waals surface area contributed by atoms with Gasteiger partial charge in [-0.25, -0.2) is 0 Å². The van der Waals surface area contributed by atoms with Crippen molar-refractivity contribution in [3.05, 3.63) is 59.9 Å². The highest BCUT2D eigenvalue weighted by atomic mass is 16.5. The van der Waals surface area contributed by atoms with Crippen LogP contribution in [0.2, 0.25) is 0 Å². The van der Waals surface area contributed by atoms with Crippen LogP contribution in [-0.2, 0) is 13.2 Å². The van der Waals surface area contributed by atoms with Crippen molar-refractivity contribution in [3.63, 3.8) is 0 Å². The third-order valence-corrected chi connectivity index (χ3v) is 4.04. The van der Waals surface area contributed by atoms with Crippen LogP contribution >= 0.6 is 0 Å². The second-order valence-electron chi connectivity index (χ2n) is 6.17. The molecule has 140 valence electrons. The largest absolute Gasteiger partial charge is 0.487 e. The molecule has 0 aliphatic carbocycles. The van der Waals surface area contributed by atoms with E-state index in [0.29, 0.717) is 6.61 Å². The van der Waals surface area contributed by atoms with E-state index in [1.54, 1.807) is 13.2 Å². The maximum absolute atomic E-state index is 5.76. The van der Waals surface area contributed by atoms with Gasteiger partial charge in [0.2, 0.25) is 0 Å². The van der Waals surface area contributed by atoms with Crippen LogP contribution in [0.5, 0.6) is 5.75 Å². The second kappa shape index (κ2) is 11.9. The summed E-state index contributed by atoms with van der Waals surface area (Å²) in [4.78, 5) is 8.52. The lowest BCUT2D eigenvalue weighted by molar-refractivity contribution is 0.301. The van der Waals surface area contributed by atoms with E-state index in [0.717, 1.165) is 30.5 Å². The third kappa shape index (κ3) is 7.55. The van der Waals surface area contributed by atoms with E-state index in [2.05, 4.69) is 39.7 Å². The lowest BCUT2D eigenvalue weighted by Gasteiger charge is -2.12. The Morgan fingerprint density at radius 1 is 1.04 bits per heavy atom. The molecule has 26 heavy (non-hydrogen) atoms. The highest BCUT2D eigenvalue weighted by molar-refractivity contribution is 5.79. The molecule has 0 saturated carbocycles. The molecule has 2 N–H and O–H groups in total. The average Bonchev–Trinajstić information content (AvgIpc) is 2.70. The van der Waals surface area contributed by atoms with Gasteiger partial charge in [0.1, 0.15) is 12.4 Å². The first-order chi connectivity index (χ1) is 12.8. The molecule has 0 radical (unpaired) electrons. The minimum atomic E-state index is 0.479. The van der Waals surface area contributed by atoms with Crippen molar-refractivity contribution in [2.75, 3.05) is 13.6 Å². The molecule has 5 heteroatoms. The topological polar surface area (TPSA) is 58.5 Å². The first kappa shape index (κ1) is 19.8. The fraction of sp³-hybridized carbons (Fsp3) is 0.429. The smallest absolute Gasteiger partial charge is 0.191 e. The minimum absolute atomic E-state index is 0.479. The van der Waals surface area contributed by atoms with Crippen LogP contribution in [0, 0.1) is 0 Å². The zero-order valence-electron chi connectivity index (χ0n) is 15.9. The van der Waals surface area contributed by atoms with Gasteiger partial charge in [0, 0.05) is 26.3 Å². The van der Waals surface area contributed by atoms with Crippen molar-refractivity contribution >= 4 is 5.96 Å². The molecule has 0 fully saturated rings. The van der Waals surface area contributed by atoms with Gasteiger partial charge in [-0.2, -0.15) is 0 Å². The van der Waals surface area contributed by atoms with Crippen LogP contribution in [0.15, 0.2) is 53.7 Å². The van der Waals surface area contributed by atoms with Crippen LogP contribution in [0.25, 0.3) is 0 Å². The highest BCUT2D eigenvalue weighted by Crippen LogP contribution is 2.13. The van der Waals surface area contributed by atoms with Crippen LogP contribution in [0.3, 0.4) is 0 Å². The third-order valence-electron chi connectivity index (χ3n) is 4.04. The van der Waals surface area contributed by atoms with E-state index in [-0.39, 0.29) is 0 Å². The van der Waals surface area contributed by atoms with Gasteiger partial charge in [0.05, 0.1) is 5.69 Å². The van der Waals surface area contributed by atoms with Crippen LogP contribution < -0.4 is 15.4 Å². The highest BCUT2D eigenvalue weighted by Gasteiger charge is 2.00. The fourth-order valence-electron chi connectivity index (χ4n) is 2.51. The fourth-order valence-corrected chi connectivity index (χ4v) is 2.51. The van der Waals surface area contributed by atoms with Crippen molar-refractivity contribution in [3.8, 4) is 5.75 Å². The predicted molar refractivity (Wildman–Crippen MR) is 107 cm³/mol. The number of nitrogens with one attached hydrogen (secondary N) is 2. The molecule has 2 aromatic rings. The summed E-state index contributed by atoms with van der Waals surface area (Å²) >= 11 is 0. The van der Waals surface area contributed by atoms with Gasteiger partial charge < -0.3 is 15.4 Å². The van der Waals surface area contributed by atoms with E-state index in [9.17, 15) is 0 Å². The Morgan fingerprint density at radius 2 is 1.88 bits per heavy atom.